The fourth-order valence-electron chi connectivity index (χ4n) is 1.34. The highest BCUT2D eigenvalue weighted by atomic mass is 32.1. The molecule has 0 unspecified atom stereocenters. The summed E-state index contributed by atoms with van der Waals surface area (Å²) in [5, 5.41) is 2.62. The zero-order chi connectivity index (χ0) is 13.3. The zero-order valence-corrected chi connectivity index (χ0v) is 10.6. The molecule has 0 aliphatic carbocycles. The third kappa shape index (κ3) is 2.53. The van der Waals surface area contributed by atoms with Crippen molar-refractivity contribution in [3.05, 3.63) is 45.4 Å². The molecule has 3 nitrogen and oxygen atoms in total. The topological polar surface area (TPSA) is 42.0 Å². The molecule has 0 aliphatic heterocycles. The quantitative estimate of drug-likeness (QED) is 0.908. The molecule has 1 amide bonds. The number of amides is 1. The number of hydrogen-bond acceptors (Lipinski definition) is 3. The highest BCUT2D eigenvalue weighted by molar-refractivity contribution is 7.13. The van der Waals surface area contributed by atoms with Gasteiger partial charge in [-0.05, 0) is 26.0 Å². The molecule has 1 aromatic carbocycles. The minimum absolute atomic E-state index is 0.0630. The lowest BCUT2D eigenvalue weighted by Gasteiger charge is -2.04. The molecule has 0 saturated carbocycles. The van der Waals surface area contributed by atoms with E-state index in [1.54, 1.807) is 6.92 Å². The maximum Gasteiger partial charge on any atom is 0.284 e. The third-order valence-electron chi connectivity index (χ3n) is 2.40. The smallest absolute Gasteiger partial charge is 0.284 e. The van der Waals surface area contributed by atoms with E-state index < -0.39 is 17.5 Å². The fraction of sp³-hybridized carbons (Fsp3) is 0.167. The number of hydrogen-bond donors (Lipinski definition) is 1. The van der Waals surface area contributed by atoms with E-state index in [1.165, 1.54) is 17.4 Å². The number of aromatic nitrogens is 1. The number of benzene rings is 1. The summed E-state index contributed by atoms with van der Waals surface area (Å²) in [5.41, 5.74) is 0.705. The minimum atomic E-state index is -0.812. The first-order chi connectivity index (χ1) is 8.47. The average molecular weight is 268 g/mol. The largest absolute Gasteiger partial charge is 0.317 e. The van der Waals surface area contributed by atoms with Crippen molar-refractivity contribution in [3.63, 3.8) is 0 Å². The molecule has 0 saturated heterocycles. The van der Waals surface area contributed by atoms with E-state index >= 15 is 0 Å². The van der Waals surface area contributed by atoms with Crippen molar-refractivity contribution in [2.24, 2.45) is 0 Å². The molecule has 0 spiro atoms. The number of nitrogens with one attached hydrogen (secondary N) is 1. The second-order valence-electron chi connectivity index (χ2n) is 3.74. The summed E-state index contributed by atoms with van der Waals surface area (Å²) in [6, 6.07) is 2.97. The van der Waals surface area contributed by atoms with Crippen LogP contribution in [-0.4, -0.2) is 10.9 Å². The second kappa shape index (κ2) is 4.81. The van der Waals surface area contributed by atoms with Crippen molar-refractivity contribution in [2.45, 2.75) is 13.8 Å². The number of thiazole rings is 1. The first-order valence-corrected chi connectivity index (χ1v) is 5.99. The second-order valence-corrected chi connectivity index (χ2v) is 4.94. The summed E-state index contributed by atoms with van der Waals surface area (Å²) >= 11 is 1.23. The summed E-state index contributed by atoms with van der Waals surface area (Å²) in [6.45, 7) is 3.64. The molecule has 1 heterocycles. The number of carbonyl (C=O) groups is 1. The molecule has 0 radical (unpaired) electrons. The van der Waals surface area contributed by atoms with Crippen molar-refractivity contribution in [3.8, 4) is 0 Å². The number of halogens is 2. The van der Waals surface area contributed by atoms with Gasteiger partial charge in [0.1, 0.15) is 11.6 Å². The van der Waals surface area contributed by atoms with Gasteiger partial charge in [-0.3, -0.25) is 4.79 Å². The number of rotatable bonds is 2. The maximum absolute atomic E-state index is 13.3. The van der Waals surface area contributed by atoms with Gasteiger partial charge in [0.15, 0.2) is 5.01 Å². The molecule has 1 N–H and O–H groups in total. The first-order valence-electron chi connectivity index (χ1n) is 5.18. The summed E-state index contributed by atoms with van der Waals surface area (Å²) in [5.74, 6) is -2.00. The van der Waals surface area contributed by atoms with Crippen molar-refractivity contribution >= 4 is 22.9 Å². The zero-order valence-electron chi connectivity index (χ0n) is 9.75. The lowest BCUT2D eigenvalue weighted by molar-refractivity contribution is 0.102. The summed E-state index contributed by atoms with van der Waals surface area (Å²) in [7, 11) is 0. The van der Waals surface area contributed by atoms with E-state index in [0.717, 1.165) is 16.6 Å². The Hall–Kier alpha value is -1.82. The molecule has 18 heavy (non-hydrogen) atoms. The minimum Gasteiger partial charge on any atom is -0.317 e. The summed E-state index contributed by atoms with van der Waals surface area (Å²) in [4.78, 5) is 16.8. The molecule has 2 aromatic rings. The van der Waals surface area contributed by atoms with E-state index in [2.05, 4.69) is 10.3 Å². The Kier molecular flexibility index (Phi) is 3.38. The Labute approximate surface area is 106 Å². The van der Waals surface area contributed by atoms with Gasteiger partial charge >= 0.3 is 0 Å². The predicted octanol–water partition coefficient (Wildman–Crippen LogP) is 3.29. The average Bonchev–Trinajstić information content (AvgIpc) is 2.63. The Bertz CT molecular complexity index is 591. The molecule has 0 fully saturated rings. The van der Waals surface area contributed by atoms with Crippen LogP contribution in [0.1, 0.15) is 20.4 Å². The Balaban J connectivity index is 2.21. The van der Waals surface area contributed by atoms with Gasteiger partial charge in [0, 0.05) is 10.9 Å². The van der Waals surface area contributed by atoms with Gasteiger partial charge in [-0.25, -0.2) is 13.8 Å². The number of carbonyl (C=O) groups excluding carboxylic acids is 1. The van der Waals surface area contributed by atoms with Gasteiger partial charge in [-0.1, -0.05) is 0 Å². The highest BCUT2D eigenvalue weighted by Gasteiger charge is 2.14. The SMILES string of the molecule is Cc1nc(C(=O)Nc2ccc(F)cc2F)sc1C. The van der Waals surface area contributed by atoms with Gasteiger partial charge in [0.05, 0.1) is 11.4 Å². The summed E-state index contributed by atoms with van der Waals surface area (Å²) in [6.07, 6.45) is 0. The first kappa shape index (κ1) is 12.6. The van der Waals surface area contributed by atoms with Crippen LogP contribution < -0.4 is 5.32 Å². The van der Waals surface area contributed by atoms with Crippen LogP contribution in [0.5, 0.6) is 0 Å². The Morgan fingerprint density at radius 2 is 2.06 bits per heavy atom. The number of anilines is 1. The third-order valence-corrected chi connectivity index (χ3v) is 3.47. The van der Waals surface area contributed by atoms with Crippen LogP contribution in [-0.2, 0) is 0 Å². The van der Waals surface area contributed by atoms with Crippen LogP contribution in [0.15, 0.2) is 18.2 Å². The molecule has 0 atom stereocenters. The van der Waals surface area contributed by atoms with Crippen molar-refractivity contribution in [2.75, 3.05) is 5.32 Å². The molecule has 94 valence electrons. The number of nitrogens with zero attached hydrogens (tertiary/aromatic N) is 1. The van der Waals surface area contributed by atoms with Gasteiger partial charge < -0.3 is 5.32 Å². The van der Waals surface area contributed by atoms with E-state index in [1.807, 2.05) is 6.92 Å². The highest BCUT2D eigenvalue weighted by Crippen LogP contribution is 2.20. The molecule has 2 rings (SSSR count). The molecular formula is C12H10F2N2OS. The number of aryl methyl sites for hydroxylation is 2. The molecule has 1 aromatic heterocycles. The van der Waals surface area contributed by atoms with Crippen LogP contribution in [0.2, 0.25) is 0 Å². The monoisotopic (exact) mass is 268 g/mol. The normalized spacial score (nSPS) is 10.4. The molecule has 6 heteroatoms. The van der Waals surface area contributed by atoms with Crippen LogP contribution in [0.4, 0.5) is 14.5 Å². The van der Waals surface area contributed by atoms with E-state index in [9.17, 15) is 13.6 Å². The molecular weight excluding hydrogens is 258 g/mol. The van der Waals surface area contributed by atoms with Gasteiger partial charge in [0.25, 0.3) is 5.91 Å². The van der Waals surface area contributed by atoms with Crippen molar-refractivity contribution in [1.29, 1.82) is 0 Å². The lowest BCUT2D eigenvalue weighted by atomic mass is 10.3. The Morgan fingerprint density at radius 3 is 2.61 bits per heavy atom. The van der Waals surface area contributed by atoms with E-state index in [-0.39, 0.29) is 10.7 Å². The van der Waals surface area contributed by atoms with Crippen molar-refractivity contribution in [1.82, 2.24) is 4.98 Å². The molecule has 0 bridgehead atoms. The van der Waals surface area contributed by atoms with Crippen LogP contribution in [0.3, 0.4) is 0 Å². The summed E-state index contributed by atoms with van der Waals surface area (Å²) < 4.78 is 26.0. The Morgan fingerprint density at radius 1 is 1.33 bits per heavy atom. The van der Waals surface area contributed by atoms with Crippen LogP contribution in [0.25, 0.3) is 0 Å². The fourth-order valence-corrected chi connectivity index (χ4v) is 2.15. The molecule has 0 aliphatic rings. The standard InChI is InChI=1S/C12H10F2N2OS/c1-6-7(2)18-12(15-6)11(17)16-10-4-3-8(13)5-9(10)14/h3-5H,1-2H3,(H,16,17). The van der Waals surface area contributed by atoms with E-state index in [0.29, 0.717) is 6.07 Å². The van der Waals surface area contributed by atoms with Crippen LogP contribution >= 0.6 is 11.3 Å². The van der Waals surface area contributed by atoms with Crippen molar-refractivity contribution < 1.29 is 13.6 Å². The predicted molar refractivity (Wildman–Crippen MR) is 65.9 cm³/mol. The van der Waals surface area contributed by atoms with Gasteiger partial charge in [-0.15, -0.1) is 11.3 Å². The lowest BCUT2D eigenvalue weighted by Crippen LogP contribution is -2.12. The van der Waals surface area contributed by atoms with Crippen LogP contribution in [0, 0.1) is 25.5 Å². The van der Waals surface area contributed by atoms with E-state index in [4.69, 9.17) is 0 Å². The maximum atomic E-state index is 13.3. The van der Waals surface area contributed by atoms with Gasteiger partial charge in [-0.2, -0.15) is 0 Å². The van der Waals surface area contributed by atoms with Gasteiger partial charge in [0.2, 0.25) is 0 Å².